The number of alkyl carbamates (subject to hydrolysis) is 1. The van der Waals surface area contributed by atoms with Crippen molar-refractivity contribution < 1.29 is 24.2 Å². The standard InChI is InChI=1S/C19H21NO5/c1-24-18(22)17(21)16(12-14-8-4-2-5-9-14)20-19(23)25-13-15-10-6-3-7-11-15/h2-11,16-17,21H,12-13H2,1H3,(H,20,23)/t16-,17?/m0/s1. The Labute approximate surface area is 146 Å². The third-order valence-electron chi connectivity index (χ3n) is 3.64. The van der Waals surface area contributed by atoms with Gasteiger partial charge in [-0.05, 0) is 17.5 Å². The SMILES string of the molecule is COC(=O)C(O)[C@H](Cc1ccccc1)NC(=O)OCc1ccccc1. The Morgan fingerprint density at radius 3 is 2.12 bits per heavy atom. The molecule has 0 fully saturated rings. The Morgan fingerprint density at radius 2 is 1.56 bits per heavy atom. The van der Waals surface area contributed by atoms with Crippen LogP contribution in [0.2, 0.25) is 0 Å². The van der Waals surface area contributed by atoms with Crippen LogP contribution in [0.15, 0.2) is 60.7 Å². The van der Waals surface area contributed by atoms with Crippen LogP contribution in [0.3, 0.4) is 0 Å². The molecule has 1 unspecified atom stereocenters. The van der Waals surface area contributed by atoms with Gasteiger partial charge in [0.1, 0.15) is 6.61 Å². The van der Waals surface area contributed by atoms with Crippen molar-refractivity contribution in [3.63, 3.8) is 0 Å². The van der Waals surface area contributed by atoms with Crippen LogP contribution >= 0.6 is 0 Å². The molecule has 6 nitrogen and oxygen atoms in total. The van der Waals surface area contributed by atoms with E-state index in [4.69, 9.17) is 4.74 Å². The molecular formula is C19H21NO5. The second-order valence-corrected chi connectivity index (χ2v) is 5.47. The van der Waals surface area contributed by atoms with Crippen molar-refractivity contribution in [3.8, 4) is 0 Å². The maximum absolute atomic E-state index is 12.0. The minimum atomic E-state index is -1.49. The molecule has 0 aliphatic heterocycles. The predicted octanol–water partition coefficient (Wildman–Crippen LogP) is 2.06. The molecule has 0 bridgehead atoms. The zero-order valence-corrected chi connectivity index (χ0v) is 13.9. The van der Waals surface area contributed by atoms with Crippen molar-refractivity contribution in [1.82, 2.24) is 5.32 Å². The molecule has 0 aliphatic rings. The van der Waals surface area contributed by atoms with E-state index in [9.17, 15) is 14.7 Å². The van der Waals surface area contributed by atoms with E-state index in [1.807, 2.05) is 60.7 Å². The minimum Gasteiger partial charge on any atom is -0.467 e. The lowest BCUT2D eigenvalue weighted by Gasteiger charge is -2.22. The molecule has 2 aromatic carbocycles. The fourth-order valence-corrected chi connectivity index (χ4v) is 2.31. The summed E-state index contributed by atoms with van der Waals surface area (Å²) in [6, 6.07) is 17.6. The molecule has 0 saturated heterocycles. The van der Waals surface area contributed by atoms with Gasteiger partial charge >= 0.3 is 12.1 Å². The number of hydrogen-bond donors (Lipinski definition) is 2. The van der Waals surface area contributed by atoms with E-state index in [2.05, 4.69) is 10.1 Å². The molecule has 1 amide bonds. The maximum atomic E-state index is 12.0. The van der Waals surface area contributed by atoms with Crippen LogP contribution in [0, 0.1) is 0 Å². The van der Waals surface area contributed by atoms with E-state index in [0.717, 1.165) is 11.1 Å². The van der Waals surface area contributed by atoms with Crippen molar-refractivity contribution in [1.29, 1.82) is 0 Å². The number of hydrogen-bond acceptors (Lipinski definition) is 5. The number of aliphatic hydroxyl groups excluding tert-OH is 1. The molecule has 0 saturated carbocycles. The van der Waals surface area contributed by atoms with Gasteiger partial charge in [-0.2, -0.15) is 0 Å². The number of nitrogens with one attached hydrogen (secondary N) is 1. The monoisotopic (exact) mass is 343 g/mol. The summed E-state index contributed by atoms with van der Waals surface area (Å²) >= 11 is 0. The fourth-order valence-electron chi connectivity index (χ4n) is 2.31. The van der Waals surface area contributed by atoms with Gasteiger partial charge < -0.3 is 19.9 Å². The number of carbonyl (C=O) groups is 2. The van der Waals surface area contributed by atoms with Gasteiger partial charge in [-0.25, -0.2) is 9.59 Å². The van der Waals surface area contributed by atoms with Crippen molar-refractivity contribution in [3.05, 3.63) is 71.8 Å². The minimum absolute atomic E-state index is 0.0963. The maximum Gasteiger partial charge on any atom is 0.407 e. The van der Waals surface area contributed by atoms with Crippen LogP contribution in [0.25, 0.3) is 0 Å². The van der Waals surface area contributed by atoms with Gasteiger partial charge in [0.05, 0.1) is 13.2 Å². The third-order valence-corrected chi connectivity index (χ3v) is 3.64. The van der Waals surface area contributed by atoms with E-state index in [1.54, 1.807) is 0 Å². The zero-order valence-electron chi connectivity index (χ0n) is 13.9. The molecule has 6 heteroatoms. The summed E-state index contributed by atoms with van der Waals surface area (Å²) in [6.07, 6.45) is -1.94. The van der Waals surface area contributed by atoms with Gasteiger partial charge in [0.25, 0.3) is 0 Å². The first-order valence-electron chi connectivity index (χ1n) is 7.87. The zero-order chi connectivity index (χ0) is 18.1. The van der Waals surface area contributed by atoms with E-state index >= 15 is 0 Å². The molecule has 2 rings (SSSR count). The first-order chi connectivity index (χ1) is 12.1. The van der Waals surface area contributed by atoms with E-state index in [0.29, 0.717) is 0 Å². The van der Waals surface area contributed by atoms with Gasteiger partial charge in [0.2, 0.25) is 0 Å². The van der Waals surface area contributed by atoms with Crippen molar-refractivity contribution in [2.24, 2.45) is 0 Å². The molecule has 2 N–H and O–H groups in total. The Kier molecular flexibility index (Phi) is 6.98. The highest BCUT2D eigenvalue weighted by molar-refractivity contribution is 5.77. The molecule has 0 spiro atoms. The highest BCUT2D eigenvalue weighted by Gasteiger charge is 2.29. The summed E-state index contributed by atoms with van der Waals surface area (Å²) in [5.74, 6) is -0.815. The number of esters is 1. The van der Waals surface area contributed by atoms with Gasteiger partial charge in [-0.15, -0.1) is 0 Å². The fraction of sp³-hybridized carbons (Fsp3) is 0.263. The summed E-state index contributed by atoms with van der Waals surface area (Å²) < 4.78 is 9.71. The second kappa shape index (κ2) is 9.44. The van der Waals surface area contributed by atoms with Crippen LogP contribution in [-0.2, 0) is 27.3 Å². The molecule has 0 aliphatic carbocycles. The van der Waals surface area contributed by atoms with Crippen molar-refractivity contribution in [2.75, 3.05) is 7.11 Å². The number of carbonyl (C=O) groups excluding carboxylic acids is 2. The van der Waals surface area contributed by atoms with Gasteiger partial charge in [-0.3, -0.25) is 0 Å². The number of benzene rings is 2. The normalized spacial score (nSPS) is 12.7. The lowest BCUT2D eigenvalue weighted by atomic mass is 10.0. The van der Waals surface area contributed by atoms with Crippen LogP contribution in [0.4, 0.5) is 4.79 Å². The average molecular weight is 343 g/mol. The number of rotatable bonds is 7. The molecule has 132 valence electrons. The molecule has 0 aromatic heterocycles. The van der Waals surface area contributed by atoms with Crippen molar-refractivity contribution in [2.45, 2.75) is 25.2 Å². The van der Waals surface area contributed by atoms with Gasteiger partial charge in [-0.1, -0.05) is 60.7 Å². The Hall–Kier alpha value is -2.86. The Balaban J connectivity index is 1.99. The van der Waals surface area contributed by atoms with E-state index in [-0.39, 0.29) is 13.0 Å². The molecule has 25 heavy (non-hydrogen) atoms. The van der Waals surface area contributed by atoms with Gasteiger partial charge in [0, 0.05) is 0 Å². The highest BCUT2D eigenvalue weighted by Crippen LogP contribution is 2.09. The van der Waals surface area contributed by atoms with E-state index in [1.165, 1.54) is 7.11 Å². The molecule has 0 radical (unpaired) electrons. The lowest BCUT2D eigenvalue weighted by molar-refractivity contribution is -0.151. The molecule has 2 aromatic rings. The summed E-state index contributed by atoms with van der Waals surface area (Å²) in [4.78, 5) is 23.7. The number of aliphatic hydroxyl groups is 1. The predicted molar refractivity (Wildman–Crippen MR) is 91.7 cm³/mol. The lowest BCUT2D eigenvalue weighted by Crippen LogP contribution is -2.48. The third kappa shape index (κ3) is 5.93. The van der Waals surface area contributed by atoms with Crippen LogP contribution < -0.4 is 5.32 Å². The van der Waals surface area contributed by atoms with E-state index < -0.39 is 24.2 Å². The first kappa shape index (κ1) is 18.5. The van der Waals surface area contributed by atoms with Gasteiger partial charge in [0.15, 0.2) is 6.10 Å². The first-order valence-corrected chi connectivity index (χ1v) is 7.87. The van der Waals surface area contributed by atoms with Crippen LogP contribution in [0.1, 0.15) is 11.1 Å². The highest BCUT2D eigenvalue weighted by atomic mass is 16.6. The van der Waals surface area contributed by atoms with Crippen molar-refractivity contribution >= 4 is 12.1 Å². The molecular weight excluding hydrogens is 322 g/mol. The summed E-state index contributed by atoms with van der Waals surface area (Å²) in [5, 5.41) is 12.7. The Bertz CT molecular complexity index is 675. The topological polar surface area (TPSA) is 84.9 Å². The summed E-state index contributed by atoms with van der Waals surface area (Å²) in [6.45, 7) is 0.0963. The quantitative estimate of drug-likeness (QED) is 0.752. The number of ether oxygens (including phenoxy) is 2. The van der Waals surface area contributed by atoms with Crippen LogP contribution in [0.5, 0.6) is 0 Å². The largest absolute Gasteiger partial charge is 0.467 e. The average Bonchev–Trinajstić information content (AvgIpc) is 2.66. The second-order valence-electron chi connectivity index (χ2n) is 5.47. The summed E-state index contributed by atoms with van der Waals surface area (Å²) in [5.41, 5.74) is 1.70. The summed E-state index contributed by atoms with van der Waals surface area (Å²) in [7, 11) is 1.18. The number of methoxy groups -OCH3 is 1. The van der Waals surface area contributed by atoms with Crippen LogP contribution in [-0.4, -0.2) is 36.4 Å². The smallest absolute Gasteiger partial charge is 0.407 e. The Morgan fingerprint density at radius 1 is 1.00 bits per heavy atom. The molecule has 0 heterocycles. The number of amides is 1. The molecule has 2 atom stereocenters.